The molecule has 0 saturated heterocycles. The summed E-state index contributed by atoms with van der Waals surface area (Å²) in [5.74, 6) is -0.390. The van der Waals surface area contributed by atoms with Crippen LogP contribution in [0.3, 0.4) is 0 Å². The van der Waals surface area contributed by atoms with Gasteiger partial charge in [-0.25, -0.2) is 9.37 Å². The average Bonchev–Trinajstić information content (AvgIpc) is 2.92. The second-order valence-electron chi connectivity index (χ2n) is 6.67. The molecule has 2 rings (SSSR count). The first-order valence-corrected chi connectivity index (χ1v) is 8.33. The number of halogens is 1. The molecule has 2 aromatic rings. The van der Waals surface area contributed by atoms with E-state index in [0.717, 1.165) is 0 Å². The smallest absolute Gasteiger partial charge is 0.259 e. The van der Waals surface area contributed by atoms with Gasteiger partial charge in [0.15, 0.2) is 5.13 Å². The third-order valence-corrected chi connectivity index (χ3v) is 4.05. The first-order chi connectivity index (χ1) is 11.2. The molecule has 0 saturated carbocycles. The quantitative estimate of drug-likeness (QED) is 0.909. The van der Waals surface area contributed by atoms with Crippen LogP contribution in [0.15, 0.2) is 29.6 Å². The summed E-state index contributed by atoms with van der Waals surface area (Å²) in [6, 6.07) is 5.32. The lowest BCUT2D eigenvalue weighted by Crippen LogP contribution is -2.26. The normalized spacial score (nSPS) is 11.2. The van der Waals surface area contributed by atoms with Crippen molar-refractivity contribution in [1.29, 1.82) is 0 Å². The highest BCUT2D eigenvalue weighted by Crippen LogP contribution is 2.25. The lowest BCUT2D eigenvalue weighted by Gasteiger charge is -2.16. The predicted molar refractivity (Wildman–Crippen MR) is 93.9 cm³/mol. The Labute approximate surface area is 144 Å². The van der Waals surface area contributed by atoms with Gasteiger partial charge in [0, 0.05) is 24.4 Å². The maximum atomic E-state index is 12.9. The summed E-state index contributed by atoms with van der Waals surface area (Å²) in [6.45, 7) is 5.94. The van der Waals surface area contributed by atoms with E-state index < -0.39 is 5.82 Å². The molecule has 0 fully saturated rings. The van der Waals surface area contributed by atoms with E-state index >= 15 is 0 Å². The third-order valence-electron chi connectivity index (χ3n) is 3.13. The number of amides is 2. The second-order valence-corrected chi connectivity index (χ2v) is 7.51. The van der Waals surface area contributed by atoms with Gasteiger partial charge in [-0.3, -0.25) is 14.5 Å². The van der Waals surface area contributed by atoms with Crippen LogP contribution in [0.25, 0.3) is 0 Å². The molecular weight excluding hydrogens is 329 g/mol. The minimum atomic E-state index is -0.396. The summed E-state index contributed by atoms with van der Waals surface area (Å²) in [6.07, 6.45) is 0.379. The van der Waals surface area contributed by atoms with Crippen LogP contribution in [0.4, 0.5) is 15.3 Å². The number of benzene rings is 1. The predicted octanol–water partition coefficient (Wildman–Crippen LogP) is 3.93. The Balaban J connectivity index is 2.05. The zero-order valence-electron chi connectivity index (χ0n) is 14.1. The van der Waals surface area contributed by atoms with Gasteiger partial charge in [0.25, 0.3) is 5.91 Å². The van der Waals surface area contributed by atoms with Crippen molar-refractivity contribution in [2.45, 2.75) is 27.2 Å². The lowest BCUT2D eigenvalue weighted by atomic mass is 9.92. The number of rotatable bonds is 4. The van der Waals surface area contributed by atoms with Gasteiger partial charge in [0.2, 0.25) is 5.91 Å². The second kappa shape index (κ2) is 7.09. The van der Waals surface area contributed by atoms with Crippen molar-refractivity contribution >= 4 is 34.1 Å². The van der Waals surface area contributed by atoms with Crippen LogP contribution in [0.1, 0.15) is 37.6 Å². The maximum Gasteiger partial charge on any atom is 0.259 e. The van der Waals surface area contributed by atoms with E-state index in [1.165, 1.54) is 40.5 Å². The van der Waals surface area contributed by atoms with Gasteiger partial charge in [-0.15, -0.1) is 11.3 Å². The summed E-state index contributed by atoms with van der Waals surface area (Å²) in [4.78, 5) is 29.9. The minimum Gasteiger partial charge on any atom is -0.310 e. The van der Waals surface area contributed by atoms with Gasteiger partial charge in [0.05, 0.1) is 0 Å². The molecule has 0 aliphatic heterocycles. The number of carbonyl (C=O) groups is 2. The number of thiazole rings is 1. The van der Waals surface area contributed by atoms with E-state index in [2.05, 4.69) is 10.3 Å². The molecule has 24 heavy (non-hydrogen) atoms. The van der Waals surface area contributed by atoms with Gasteiger partial charge in [0.1, 0.15) is 11.6 Å². The van der Waals surface area contributed by atoms with Crippen LogP contribution < -0.4 is 10.2 Å². The molecule has 1 heterocycles. The van der Waals surface area contributed by atoms with Crippen LogP contribution in [0.5, 0.6) is 0 Å². The number of nitrogens with zero attached hydrogens (tertiary/aromatic N) is 2. The fourth-order valence-electron chi connectivity index (χ4n) is 2.02. The Morgan fingerprint density at radius 2 is 1.88 bits per heavy atom. The Morgan fingerprint density at radius 3 is 2.46 bits per heavy atom. The maximum absolute atomic E-state index is 12.9. The fraction of sp³-hybridized carbons (Fsp3) is 0.353. The molecule has 0 aliphatic carbocycles. The molecule has 0 atom stereocenters. The van der Waals surface area contributed by atoms with Crippen molar-refractivity contribution in [2.75, 3.05) is 17.3 Å². The molecule has 5 nitrogen and oxygen atoms in total. The van der Waals surface area contributed by atoms with Crippen molar-refractivity contribution in [1.82, 2.24) is 4.98 Å². The van der Waals surface area contributed by atoms with E-state index in [4.69, 9.17) is 0 Å². The van der Waals surface area contributed by atoms with Crippen molar-refractivity contribution in [2.24, 2.45) is 5.41 Å². The number of anilines is 2. The van der Waals surface area contributed by atoms with E-state index in [-0.39, 0.29) is 17.2 Å². The van der Waals surface area contributed by atoms with Crippen molar-refractivity contribution < 1.29 is 14.0 Å². The first-order valence-electron chi connectivity index (χ1n) is 7.45. The summed E-state index contributed by atoms with van der Waals surface area (Å²) in [5, 5.41) is 4.87. The molecule has 2 amide bonds. The topological polar surface area (TPSA) is 62.3 Å². The Bertz CT molecular complexity index is 735. The molecule has 1 aromatic carbocycles. The van der Waals surface area contributed by atoms with Crippen molar-refractivity contribution in [3.8, 4) is 0 Å². The van der Waals surface area contributed by atoms with Gasteiger partial charge < -0.3 is 5.32 Å². The Hall–Kier alpha value is -2.28. The third kappa shape index (κ3) is 4.86. The molecular formula is C17H20FN3O2S. The van der Waals surface area contributed by atoms with Crippen molar-refractivity contribution in [3.63, 3.8) is 0 Å². The molecule has 128 valence electrons. The number of nitrogens with one attached hydrogen (secondary N) is 1. The van der Waals surface area contributed by atoms with E-state index in [9.17, 15) is 14.0 Å². The number of carbonyl (C=O) groups excluding carboxylic acids is 2. The Kier molecular flexibility index (Phi) is 5.33. The molecule has 0 bridgehead atoms. The standard InChI is InChI=1S/C17H20FN3O2S/c1-17(2,3)9-14(22)19-13-10-24-16(20-13)21(4)15(23)11-5-7-12(18)8-6-11/h5-8,10H,9H2,1-4H3,(H,19,22). The van der Waals surface area contributed by atoms with Crippen LogP contribution in [-0.2, 0) is 4.79 Å². The molecule has 0 radical (unpaired) electrons. The highest BCUT2D eigenvalue weighted by Gasteiger charge is 2.19. The monoisotopic (exact) mass is 349 g/mol. The van der Waals surface area contributed by atoms with Crippen LogP contribution in [0.2, 0.25) is 0 Å². The fourth-order valence-corrected chi connectivity index (χ4v) is 2.74. The first kappa shape index (κ1) is 18.1. The zero-order valence-corrected chi connectivity index (χ0v) is 14.9. The molecule has 7 heteroatoms. The summed E-state index contributed by atoms with van der Waals surface area (Å²) < 4.78 is 12.9. The van der Waals surface area contributed by atoms with Gasteiger partial charge in [-0.05, 0) is 29.7 Å². The van der Waals surface area contributed by atoms with Crippen LogP contribution in [0, 0.1) is 11.2 Å². The highest BCUT2D eigenvalue weighted by atomic mass is 32.1. The molecule has 0 unspecified atom stereocenters. The molecule has 1 N–H and O–H groups in total. The highest BCUT2D eigenvalue weighted by molar-refractivity contribution is 7.14. The summed E-state index contributed by atoms with van der Waals surface area (Å²) in [7, 11) is 1.59. The number of hydrogen-bond acceptors (Lipinski definition) is 4. The number of hydrogen-bond donors (Lipinski definition) is 1. The van der Waals surface area contributed by atoms with E-state index in [1.54, 1.807) is 12.4 Å². The van der Waals surface area contributed by atoms with E-state index in [0.29, 0.717) is 22.9 Å². The van der Waals surface area contributed by atoms with E-state index in [1.807, 2.05) is 20.8 Å². The SMILES string of the molecule is CN(C(=O)c1ccc(F)cc1)c1nc(NC(=O)CC(C)(C)C)cs1. The van der Waals surface area contributed by atoms with Gasteiger partial charge in [-0.1, -0.05) is 20.8 Å². The molecule has 1 aromatic heterocycles. The minimum absolute atomic E-state index is 0.113. The summed E-state index contributed by atoms with van der Waals surface area (Å²) >= 11 is 1.25. The van der Waals surface area contributed by atoms with Gasteiger partial charge in [-0.2, -0.15) is 0 Å². The summed E-state index contributed by atoms with van der Waals surface area (Å²) in [5.41, 5.74) is 0.255. The van der Waals surface area contributed by atoms with Crippen LogP contribution in [-0.4, -0.2) is 23.8 Å². The molecule has 0 spiro atoms. The molecule has 0 aliphatic rings. The average molecular weight is 349 g/mol. The van der Waals surface area contributed by atoms with Gasteiger partial charge >= 0.3 is 0 Å². The van der Waals surface area contributed by atoms with Crippen molar-refractivity contribution in [3.05, 3.63) is 41.0 Å². The number of aromatic nitrogens is 1. The van der Waals surface area contributed by atoms with Crippen LogP contribution >= 0.6 is 11.3 Å². The Morgan fingerprint density at radius 1 is 1.25 bits per heavy atom. The largest absolute Gasteiger partial charge is 0.310 e. The zero-order chi connectivity index (χ0) is 17.9. The lowest BCUT2D eigenvalue weighted by molar-refractivity contribution is -0.117.